The molecule has 2 spiro atoms. The Morgan fingerprint density at radius 1 is 0.730 bits per heavy atom. The second-order valence-electron chi connectivity index (χ2n) is 10.7. The molecule has 1 unspecified atom stereocenters. The van der Waals surface area contributed by atoms with Crippen LogP contribution in [0.1, 0.15) is 61.0 Å². The van der Waals surface area contributed by atoms with E-state index in [4.69, 9.17) is 11.6 Å². The average Bonchev–Trinajstić information content (AvgIpc) is 3.62. The standard InChI is InChI=1S/C32H22ClNO3/c33-20-15-13-19(14-16-20)27-25-12-5-17-34(25)32(31(27)28(35)21-8-1-2-9-22(21)29(31)36)24-11-4-7-18-6-3-10-23(26(18)24)30(32)37/h1-4,6-11,13-16,25,27H,5,12,17H2/t25-,27-,32?/m1/s1. The van der Waals surface area contributed by atoms with Crippen molar-refractivity contribution in [3.05, 3.63) is 118 Å². The smallest absolute Gasteiger partial charge is 0.189 e. The first-order valence-electron chi connectivity index (χ1n) is 12.8. The first-order chi connectivity index (χ1) is 18.0. The molecule has 5 heteroatoms. The van der Waals surface area contributed by atoms with Crippen molar-refractivity contribution in [3.8, 4) is 0 Å². The largest absolute Gasteiger partial charge is 0.293 e. The lowest BCUT2D eigenvalue weighted by molar-refractivity contribution is 0.0278. The van der Waals surface area contributed by atoms with Crippen LogP contribution in [0, 0.1) is 5.41 Å². The summed E-state index contributed by atoms with van der Waals surface area (Å²) in [5.41, 5.74) is 0.124. The molecule has 180 valence electrons. The predicted octanol–water partition coefficient (Wildman–Crippen LogP) is 6.21. The number of rotatable bonds is 1. The minimum Gasteiger partial charge on any atom is -0.293 e. The molecule has 3 atom stereocenters. The Kier molecular flexibility index (Phi) is 4.08. The molecule has 0 radical (unpaired) electrons. The SMILES string of the molecule is O=C1c2ccccc2C(=O)C12[C@H](c1ccc(Cl)cc1)[C@H]1CCCN1C21C(=O)c2cccc3cccc1c23. The van der Waals surface area contributed by atoms with Crippen molar-refractivity contribution in [1.29, 1.82) is 0 Å². The summed E-state index contributed by atoms with van der Waals surface area (Å²) in [7, 11) is 0. The molecule has 2 saturated heterocycles. The Hall–Kier alpha value is -3.60. The van der Waals surface area contributed by atoms with Crippen molar-refractivity contribution in [1.82, 2.24) is 4.90 Å². The van der Waals surface area contributed by atoms with Crippen molar-refractivity contribution in [2.45, 2.75) is 30.3 Å². The summed E-state index contributed by atoms with van der Waals surface area (Å²) in [6, 6.07) is 26.1. The van der Waals surface area contributed by atoms with Crippen LogP contribution in [-0.4, -0.2) is 34.8 Å². The maximum absolute atomic E-state index is 14.9. The minimum atomic E-state index is -1.60. The van der Waals surface area contributed by atoms with Gasteiger partial charge in [-0.05, 0) is 53.4 Å². The van der Waals surface area contributed by atoms with Crippen molar-refractivity contribution >= 4 is 39.7 Å². The summed E-state index contributed by atoms with van der Waals surface area (Å²) in [6.45, 7) is 0.656. The third kappa shape index (κ3) is 2.21. The second kappa shape index (κ2) is 7.03. The lowest BCUT2D eigenvalue weighted by Crippen LogP contribution is -2.60. The topological polar surface area (TPSA) is 54.5 Å². The van der Waals surface area contributed by atoms with Gasteiger partial charge in [-0.2, -0.15) is 0 Å². The molecule has 4 nitrogen and oxygen atoms in total. The maximum Gasteiger partial charge on any atom is 0.189 e. The van der Waals surface area contributed by atoms with Crippen LogP contribution >= 0.6 is 11.6 Å². The van der Waals surface area contributed by atoms with Gasteiger partial charge >= 0.3 is 0 Å². The van der Waals surface area contributed by atoms with Crippen LogP contribution in [0.15, 0.2) is 84.9 Å². The molecule has 4 aromatic rings. The van der Waals surface area contributed by atoms with Crippen molar-refractivity contribution in [3.63, 3.8) is 0 Å². The van der Waals surface area contributed by atoms with Crippen LogP contribution < -0.4 is 0 Å². The fraction of sp³-hybridized carbons (Fsp3) is 0.219. The van der Waals surface area contributed by atoms with E-state index in [1.54, 1.807) is 24.3 Å². The Morgan fingerprint density at radius 3 is 2.08 bits per heavy atom. The molecule has 4 aliphatic rings. The van der Waals surface area contributed by atoms with Crippen LogP contribution in [0.3, 0.4) is 0 Å². The van der Waals surface area contributed by atoms with E-state index in [2.05, 4.69) is 4.90 Å². The van der Waals surface area contributed by atoms with Gasteiger partial charge in [0.1, 0.15) is 11.0 Å². The first-order valence-corrected chi connectivity index (χ1v) is 13.2. The number of hydrogen-bond donors (Lipinski definition) is 0. The zero-order chi connectivity index (χ0) is 25.1. The summed E-state index contributed by atoms with van der Waals surface area (Å²) in [4.78, 5) is 46.9. The molecule has 8 rings (SSSR count). The fourth-order valence-corrected chi connectivity index (χ4v) is 8.41. The summed E-state index contributed by atoms with van der Waals surface area (Å²) in [6.07, 6.45) is 1.72. The monoisotopic (exact) mass is 503 g/mol. The number of carbonyl (C=O) groups excluding carboxylic acids is 3. The van der Waals surface area contributed by atoms with E-state index in [9.17, 15) is 14.4 Å². The number of benzene rings is 4. The molecule has 0 saturated carbocycles. The van der Waals surface area contributed by atoms with Gasteiger partial charge in [-0.1, -0.05) is 84.4 Å². The molecule has 37 heavy (non-hydrogen) atoms. The lowest BCUT2D eigenvalue weighted by atomic mass is 9.56. The van der Waals surface area contributed by atoms with Gasteiger partial charge in [0.25, 0.3) is 0 Å². The highest BCUT2D eigenvalue weighted by atomic mass is 35.5. The van der Waals surface area contributed by atoms with E-state index >= 15 is 0 Å². The van der Waals surface area contributed by atoms with Gasteiger partial charge in [0.05, 0.1) is 0 Å². The number of ketones is 3. The molecule has 0 bridgehead atoms. The van der Waals surface area contributed by atoms with Crippen molar-refractivity contribution < 1.29 is 14.4 Å². The molecule has 0 aromatic heterocycles. The molecule has 0 amide bonds. The van der Waals surface area contributed by atoms with E-state index < -0.39 is 16.9 Å². The molecule has 4 aromatic carbocycles. The van der Waals surface area contributed by atoms with Crippen molar-refractivity contribution in [2.24, 2.45) is 5.41 Å². The van der Waals surface area contributed by atoms with E-state index in [0.717, 1.165) is 34.7 Å². The number of halogens is 1. The van der Waals surface area contributed by atoms with Crippen LogP contribution in [0.5, 0.6) is 0 Å². The zero-order valence-electron chi connectivity index (χ0n) is 19.9. The van der Waals surface area contributed by atoms with Crippen LogP contribution in [-0.2, 0) is 5.54 Å². The Labute approximate surface area is 218 Å². The minimum absolute atomic E-state index is 0.128. The predicted molar refractivity (Wildman–Crippen MR) is 141 cm³/mol. The Bertz CT molecular complexity index is 1670. The van der Waals surface area contributed by atoms with Gasteiger partial charge in [0, 0.05) is 33.7 Å². The van der Waals surface area contributed by atoms with Crippen molar-refractivity contribution in [2.75, 3.05) is 6.54 Å². The Balaban J connectivity index is 1.55. The van der Waals surface area contributed by atoms with Crippen LogP contribution in [0.4, 0.5) is 0 Å². The maximum atomic E-state index is 14.9. The van der Waals surface area contributed by atoms with Gasteiger partial charge in [-0.15, -0.1) is 0 Å². The lowest BCUT2D eigenvalue weighted by Gasteiger charge is -2.44. The number of carbonyl (C=O) groups is 3. The third-order valence-electron chi connectivity index (χ3n) is 9.38. The van der Waals surface area contributed by atoms with Gasteiger partial charge < -0.3 is 0 Å². The van der Waals surface area contributed by atoms with Gasteiger partial charge in [-0.3, -0.25) is 19.3 Å². The van der Waals surface area contributed by atoms with Crippen LogP contribution in [0.2, 0.25) is 5.02 Å². The molecular weight excluding hydrogens is 482 g/mol. The van der Waals surface area contributed by atoms with Gasteiger partial charge in [0.2, 0.25) is 0 Å². The van der Waals surface area contributed by atoms with E-state index in [0.29, 0.717) is 28.3 Å². The quantitative estimate of drug-likeness (QED) is 0.290. The summed E-state index contributed by atoms with van der Waals surface area (Å²) in [5.74, 6) is -1.08. The summed E-state index contributed by atoms with van der Waals surface area (Å²) in [5, 5.41) is 2.42. The van der Waals surface area contributed by atoms with E-state index in [-0.39, 0.29) is 23.4 Å². The molecule has 2 aliphatic carbocycles. The summed E-state index contributed by atoms with van der Waals surface area (Å²) < 4.78 is 0. The number of Topliss-reactive ketones (excluding diaryl/α,β-unsaturated/α-hetero) is 3. The van der Waals surface area contributed by atoms with E-state index in [1.165, 1.54) is 0 Å². The second-order valence-corrected chi connectivity index (χ2v) is 11.1. The Morgan fingerprint density at radius 2 is 1.38 bits per heavy atom. The molecule has 0 N–H and O–H groups in total. The van der Waals surface area contributed by atoms with Gasteiger partial charge in [-0.25, -0.2) is 0 Å². The third-order valence-corrected chi connectivity index (χ3v) is 9.63. The zero-order valence-corrected chi connectivity index (χ0v) is 20.7. The van der Waals surface area contributed by atoms with E-state index in [1.807, 2.05) is 60.7 Å². The highest BCUT2D eigenvalue weighted by molar-refractivity contribution is 6.36. The molecular formula is C32H22ClNO3. The normalized spacial score (nSPS) is 27.1. The number of hydrogen-bond acceptors (Lipinski definition) is 4. The summed E-state index contributed by atoms with van der Waals surface area (Å²) >= 11 is 6.27. The molecule has 2 heterocycles. The molecule has 2 aliphatic heterocycles. The highest BCUT2D eigenvalue weighted by Crippen LogP contribution is 2.71. The number of fused-ring (bicyclic) bond motifs is 5. The molecule has 2 fully saturated rings. The highest BCUT2D eigenvalue weighted by Gasteiger charge is 2.81. The average molecular weight is 504 g/mol. The van der Waals surface area contributed by atoms with Gasteiger partial charge in [0.15, 0.2) is 17.3 Å². The van der Waals surface area contributed by atoms with Crippen LogP contribution in [0.25, 0.3) is 10.8 Å². The fourth-order valence-electron chi connectivity index (χ4n) is 8.28. The number of nitrogens with zero attached hydrogens (tertiary/aromatic N) is 1. The first kappa shape index (κ1) is 21.5.